The first kappa shape index (κ1) is 14.9. The van der Waals surface area contributed by atoms with Crippen LogP contribution in [0.1, 0.15) is 25.7 Å². The molecule has 0 aromatic heterocycles. The van der Waals surface area contributed by atoms with E-state index in [9.17, 15) is 8.42 Å². The smallest absolute Gasteiger partial charge is 0.212 e. The molecule has 0 aromatic carbocycles. The standard InChI is InChI=1S/C11H25N3O2S/c1-12-8-9-17(15,16)13-10-11(14(2)3)6-4-5-7-11/h12-13H,4-10H2,1-3H3. The zero-order valence-corrected chi connectivity index (χ0v) is 11.9. The van der Waals surface area contributed by atoms with Crippen molar-refractivity contribution in [2.24, 2.45) is 0 Å². The monoisotopic (exact) mass is 263 g/mol. The van der Waals surface area contributed by atoms with Crippen LogP contribution in [0.2, 0.25) is 0 Å². The fourth-order valence-electron chi connectivity index (χ4n) is 2.37. The zero-order valence-electron chi connectivity index (χ0n) is 11.1. The molecular formula is C11H25N3O2S. The lowest BCUT2D eigenvalue weighted by Crippen LogP contribution is -2.51. The van der Waals surface area contributed by atoms with Gasteiger partial charge in [-0.3, -0.25) is 0 Å². The Balaban J connectivity index is 2.53. The van der Waals surface area contributed by atoms with Crippen LogP contribution in [0, 0.1) is 0 Å². The fourth-order valence-corrected chi connectivity index (χ4v) is 3.47. The van der Waals surface area contributed by atoms with Gasteiger partial charge in [0.15, 0.2) is 0 Å². The summed E-state index contributed by atoms with van der Waals surface area (Å²) in [5, 5.41) is 2.85. The topological polar surface area (TPSA) is 61.4 Å². The third kappa shape index (κ3) is 4.21. The van der Waals surface area contributed by atoms with Crippen LogP contribution >= 0.6 is 0 Å². The summed E-state index contributed by atoms with van der Waals surface area (Å²) in [5.41, 5.74) is 0.0205. The fraction of sp³-hybridized carbons (Fsp3) is 1.00. The third-order valence-corrected chi connectivity index (χ3v) is 5.05. The average molecular weight is 263 g/mol. The van der Waals surface area contributed by atoms with E-state index in [-0.39, 0.29) is 11.3 Å². The number of nitrogens with zero attached hydrogens (tertiary/aromatic N) is 1. The summed E-state index contributed by atoms with van der Waals surface area (Å²) in [6.45, 7) is 1.02. The highest BCUT2D eigenvalue weighted by molar-refractivity contribution is 7.89. The van der Waals surface area contributed by atoms with Crippen molar-refractivity contribution in [3.63, 3.8) is 0 Å². The van der Waals surface area contributed by atoms with E-state index < -0.39 is 10.0 Å². The van der Waals surface area contributed by atoms with Gasteiger partial charge in [0.2, 0.25) is 10.0 Å². The lowest BCUT2D eigenvalue weighted by molar-refractivity contribution is 0.162. The number of hydrogen-bond acceptors (Lipinski definition) is 4. The second-order valence-electron chi connectivity index (χ2n) is 5.07. The van der Waals surface area contributed by atoms with Crippen LogP contribution in [0.25, 0.3) is 0 Å². The molecule has 1 aliphatic rings. The lowest BCUT2D eigenvalue weighted by atomic mass is 9.97. The molecule has 0 radical (unpaired) electrons. The molecule has 0 aliphatic heterocycles. The summed E-state index contributed by atoms with van der Waals surface area (Å²) in [6.07, 6.45) is 4.54. The third-order valence-electron chi connectivity index (χ3n) is 3.72. The van der Waals surface area contributed by atoms with Crippen molar-refractivity contribution in [2.75, 3.05) is 40.0 Å². The van der Waals surface area contributed by atoms with Gasteiger partial charge in [-0.05, 0) is 34.0 Å². The van der Waals surface area contributed by atoms with Gasteiger partial charge in [0, 0.05) is 18.6 Å². The van der Waals surface area contributed by atoms with E-state index in [1.54, 1.807) is 7.05 Å². The van der Waals surface area contributed by atoms with Crippen LogP contribution < -0.4 is 10.0 Å². The van der Waals surface area contributed by atoms with Gasteiger partial charge in [-0.15, -0.1) is 0 Å². The van der Waals surface area contributed by atoms with Crippen LogP contribution in [0.3, 0.4) is 0 Å². The Hall–Kier alpha value is -0.170. The summed E-state index contributed by atoms with van der Waals surface area (Å²) in [6, 6.07) is 0. The first-order chi connectivity index (χ1) is 7.92. The molecule has 1 rings (SSSR count). The molecule has 1 fully saturated rings. The number of nitrogens with one attached hydrogen (secondary N) is 2. The van der Waals surface area contributed by atoms with Gasteiger partial charge in [-0.2, -0.15) is 0 Å². The molecule has 0 amide bonds. The van der Waals surface area contributed by atoms with Crippen LogP contribution in [0.15, 0.2) is 0 Å². The number of hydrogen-bond donors (Lipinski definition) is 2. The quantitative estimate of drug-likeness (QED) is 0.679. The van der Waals surface area contributed by atoms with Crippen LogP contribution in [-0.4, -0.2) is 58.8 Å². The minimum absolute atomic E-state index is 0.0205. The first-order valence-corrected chi connectivity index (χ1v) is 7.86. The van der Waals surface area contributed by atoms with Gasteiger partial charge in [-0.1, -0.05) is 12.8 Å². The molecule has 102 valence electrons. The normalized spacial score (nSPS) is 20.0. The largest absolute Gasteiger partial charge is 0.319 e. The van der Waals surface area contributed by atoms with E-state index in [0.29, 0.717) is 13.1 Å². The molecule has 0 saturated heterocycles. The Bertz CT molecular complexity index is 322. The molecule has 5 nitrogen and oxygen atoms in total. The number of sulfonamides is 1. The Labute approximate surface area is 105 Å². The minimum atomic E-state index is -3.14. The molecule has 1 aliphatic carbocycles. The zero-order chi connectivity index (χ0) is 12.9. The maximum atomic E-state index is 11.7. The second kappa shape index (κ2) is 6.13. The number of rotatable bonds is 7. The summed E-state index contributed by atoms with van der Waals surface area (Å²) < 4.78 is 26.2. The van der Waals surface area contributed by atoms with Crippen molar-refractivity contribution in [3.8, 4) is 0 Å². The van der Waals surface area contributed by atoms with Gasteiger partial charge in [0.05, 0.1) is 5.75 Å². The van der Waals surface area contributed by atoms with E-state index >= 15 is 0 Å². The Morgan fingerprint density at radius 1 is 1.24 bits per heavy atom. The molecular weight excluding hydrogens is 238 g/mol. The molecule has 0 atom stereocenters. The van der Waals surface area contributed by atoms with E-state index in [4.69, 9.17) is 0 Å². The molecule has 2 N–H and O–H groups in total. The van der Waals surface area contributed by atoms with Crippen molar-refractivity contribution in [2.45, 2.75) is 31.2 Å². The second-order valence-corrected chi connectivity index (χ2v) is 7.00. The van der Waals surface area contributed by atoms with Crippen molar-refractivity contribution < 1.29 is 8.42 Å². The minimum Gasteiger partial charge on any atom is -0.319 e. The van der Waals surface area contributed by atoms with Gasteiger partial charge in [0.1, 0.15) is 0 Å². The van der Waals surface area contributed by atoms with Crippen molar-refractivity contribution in [3.05, 3.63) is 0 Å². The van der Waals surface area contributed by atoms with Gasteiger partial charge < -0.3 is 10.2 Å². The molecule has 6 heteroatoms. The van der Waals surface area contributed by atoms with Crippen LogP contribution in [-0.2, 0) is 10.0 Å². The van der Waals surface area contributed by atoms with Crippen LogP contribution in [0.4, 0.5) is 0 Å². The summed E-state index contributed by atoms with van der Waals surface area (Å²) in [5.74, 6) is 0.146. The maximum absolute atomic E-state index is 11.7. The molecule has 0 bridgehead atoms. The Kier molecular flexibility index (Phi) is 5.37. The number of likely N-dealkylation sites (N-methyl/N-ethyl adjacent to an activating group) is 1. The highest BCUT2D eigenvalue weighted by Crippen LogP contribution is 2.33. The summed E-state index contributed by atoms with van der Waals surface area (Å²) in [4.78, 5) is 2.17. The first-order valence-electron chi connectivity index (χ1n) is 6.21. The van der Waals surface area contributed by atoms with E-state index in [1.807, 2.05) is 14.1 Å². The van der Waals surface area contributed by atoms with Crippen molar-refractivity contribution in [1.29, 1.82) is 0 Å². The Morgan fingerprint density at radius 3 is 2.29 bits per heavy atom. The Morgan fingerprint density at radius 2 is 1.82 bits per heavy atom. The highest BCUT2D eigenvalue weighted by atomic mass is 32.2. The van der Waals surface area contributed by atoms with E-state index in [2.05, 4.69) is 14.9 Å². The van der Waals surface area contributed by atoms with Gasteiger partial charge in [-0.25, -0.2) is 13.1 Å². The van der Waals surface area contributed by atoms with Crippen molar-refractivity contribution in [1.82, 2.24) is 14.9 Å². The SMILES string of the molecule is CNCCS(=O)(=O)NCC1(N(C)C)CCCC1. The highest BCUT2D eigenvalue weighted by Gasteiger charge is 2.36. The summed E-state index contributed by atoms with van der Waals surface area (Å²) in [7, 11) is 2.69. The molecule has 1 saturated carbocycles. The van der Waals surface area contributed by atoms with Gasteiger partial charge >= 0.3 is 0 Å². The lowest BCUT2D eigenvalue weighted by Gasteiger charge is -2.36. The van der Waals surface area contributed by atoms with Crippen LogP contribution in [0.5, 0.6) is 0 Å². The van der Waals surface area contributed by atoms with E-state index in [0.717, 1.165) is 12.8 Å². The molecule has 0 unspecified atom stereocenters. The van der Waals surface area contributed by atoms with Crippen molar-refractivity contribution >= 4 is 10.0 Å². The average Bonchev–Trinajstić information content (AvgIpc) is 2.74. The summed E-state index contributed by atoms with van der Waals surface area (Å²) >= 11 is 0. The predicted molar refractivity (Wildman–Crippen MR) is 70.6 cm³/mol. The predicted octanol–water partition coefficient (Wildman–Crippen LogP) is -0.000400. The van der Waals surface area contributed by atoms with Gasteiger partial charge in [0.25, 0.3) is 0 Å². The van der Waals surface area contributed by atoms with E-state index in [1.165, 1.54) is 12.8 Å². The molecule has 17 heavy (non-hydrogen) atoms. The molecule has 0 heterocycles. The maximum Gasteiger partial charge on any atom is 0.212 e. The molecule has 0 aromatic rings. The molecule has 0 spiro atoms.